The van der Waals surface area contributed by atoms with Gasteiger partial charge in [0.25, 0.3) is 0 Å². The summed E-state index contributed by atoms with van der Waals surface area (Å²) in [5.74, 6) is -1.04. The predicted octanol–water partition coefficient (Wildman–Crippen LogP) is 3.65. The van der Waals surface area contributed by atoms with E-state index < -0.39 is 5.92 Å². The van der Waals surface area contributed by atoms with Crippen molar-refractivity contribution in [2.75, 3.05) is 7.11 Å². The Hall–Kier alpha value is -1.50. The zero-order chi connectivity index (χ0) is 16.6. The third kappa shape index (κ3) is 2.98. The van der Waals surface area contributed by atoms with Crippen LogP contribution in [0.3, 0.4) is 0 Å². The van der Waals surface area contributed by atoms with E-state index in [9.17, 15) is 9.59 Å². The van der Waals surface area contributed by atoms with E-state index in [0.717, 1.165) is 33.4 Å². The number of hydrogen-bond acceptors (Lipinski definition) is 4. The molecule has 0 bridgehead atoms. The highest BCUT2D eigenvalue weighted by Crippen LogP contribution is 2.43. The number of carbonyl (C=O) groups is 2. The molecule has 0 aromatic heterocycles. The number of Topliss-reactive ketones (excluding diaryl/α,β-unsaturated/α-hetero) is 1. The molecule has 2 aliphatic rings. The summed E-state index contributed by atoms with van der Waals surface area (Å²) in [6.07, 6.45) is 2.16. The molecular weight excluding hydrogens is 405 g/mol. The number of aliphatic imine (C=N–C) groups is 1. The summed E-state index contributed by atoms with van der Waals surface area (Å²) >= 11 is 2.25. The van der Waals surface area contributed by atoms with E-state index in [0.29, 0.717) is 12.0 Å². The Bertz CT molecular complexity index is 736. The largest absolute Gasteiger partial charge is 0.468 e. The van der Waals surface area contributed by atoms with Crippen LogP contribution in [0.15, 0.2) is 40.5 Å². The number of ether oxygens (including phenoxy) is 1. The normalized spacial score (nSPS) is 24.1. The van der Waals surface area contributed by atoms with Crippen LogP contribution in [0, 0.1) is 9.49 Å². The highest BCUT2D eigenvalue weighted by Gasteiger charge is 2.42. The van der Waals surface area contributed by atoms with E-state index in [1.807, 2.05) is 31.2 Å². The molecule has 4 nitrogen and oxygen atoms in total. The highest BCUT2D eigenvalue weighted by molar-refractivity contribution is 14.1. The number of nitrogens with zero attached hydrogens (tertiary/aromatic N) is 1. The first-order chi connectivity index (χ1) is 11.0. The second-order valence-corrected chi connectivity index (χ2v) is 7.17. The molecule has 0 spiro atoms. The van der Waals surface area contributed by atoms with Gasteiger partial charge in [-0.1, -0.05) is 12.1 Å². The van der Waals surface area contributed by atoms with Gasteiger partial charge >= 0.3 is 5.97 Å². The van der Waals surface area contributed by atoms with Gasteiger partial charge in [0, 0.05) is 32.9 Å². The van der Waals surface area contributed by atoms with Crippen LogP contribution in [0.4, 0.5) is 0 Å². The van der Waals surface area contributed by atoms with E-state index in [4.69, 9.17) is 4.74 Å². The van der Waals surface area contributed by atoms with E-state index in [1.54, 1.807) is 0 Å². The molecular formula is C18H18INO3. The Morgan fingerprint density at radius 2 is 2.13 bits per heavy atom. The van der Waals surface area contributed by atoms with Gasteiger partial charge in [-0.05, 0) is 60.1 Å². The molecule has 0 fully saturated rings. The lowest BCUT2D eigenvalue weighted by atomic mass is 9.72. The van der Waals surface area contributed by atoms with Crippen LogP contribution in [0.2, 0.25) is 0 Å². The fraction of sp³-hybridized carbons (Fsp3) is 0.389. The Morgan fingerprint density at radius 1 is 1.35 bits per heavy atom. The lowest BCUT2D eigenvalue weighted by Crippen LogP contribution is -2.36. The molecule has 2 atom stereocenters. The number of methoxy groups -OCH3 is 1. The van der Waals surface area contributed by atoms with Crippen LogP contribution >= 0.6 is 22.6 Å². The molecule has 23 heavy (non-hydrogen) atoms. The minimum absolute atomic E-state index is 0.111. The Labute approximate surface area is 149 Å². The molecule has 0 saturated carbocycles. The van der Waals surface area contributed by atoms with Crippen LogP contribution < -0.4 is 0 Å². The van der Waals surface area contributed by atoms with E-state index in [-0.39, 0.29) is 17.7 Å². The first kappa shape index (κ1) is 16.4. The predicted molar refractivity (Wildman–Crippen MR) is 96.4 cm³/mol. The minimum Gasteiger partial charge on any atom is -0.468 e. The molecule has 0 radical (unpaired) electrons. The second kappa shape index (κ2) is 6.55. The molecule has 1 aromatic carbocycles. The summed E-state index contributed by atoms with van der Waals surface area (Å²) in [6, 6.07) is 7.97. The molecule has 0 saturated heterocycles. The fourth-order valence-electron chi connectivity index (χ4n) is 3.50. The van der Waals surface area contributed by atoms with Gasteiger partial charge < -0.3 is 4.74 Å². The van der Waals surface area contributed by atoms with E-state index >= 15 is 0 Å². The van der Waals surface area contributed by atoms with Gasteiger partial charge in [-0.25, -0.2) is 0 Å². The smallest absolute Gasteiger partial charge is 0.315 e. The van der Waals surface area contributed by atoms with Crippen molar-refractivity contribution in [3.8, 4) is 0 Å². The zero-order valence-corrected chi connectivity index (χ0v) is 15.3. The lowest BCUT2D eigenvalue weighted by molar-refractivity contribution is -0.143. The number of benzene rings is 1. The SMILES string of the molecule is COC(=O)C1C(C)=NC2=C(C(=O)CCC2)[C@H]1c1cccc(I)c1. The van der Waals surface area contributed by atoms with Crippen LogP contribution in [0.25, 0.3) is 0 Å². The maximum Gasteiger partial charge on any atom is 0.315 e. The lowest BCUT2D eigenvalue weighted by Gasteiger charge is -2.34. The first-order valence-electron chi connectivity index (χ1n) is 7.67. The van der Waals surface area contributed by atoms with Gasteiger partial charge in [0.15, 0.2) is 5.78 Å². The Balaban J connectivity index is 2.19. The van der Waals surface area contributed by atoms with Crippen LogP contribution in [-0.4, -0.2) is 24.6 Å². The molecule has 1 aliphatic heterocycles. The van der Waals surface area contributed by atoms with Crippen LogP contribution in [0.1, 0.15) is 37.7 Å². The quantitative estimate of drug-likeness (QED) is 0.539. The molecule has 0 amide bonds. The Morgan fingerprint density at radius 3 is 2.83 bits per heavy atom. The standard InChI is InChI=1S/C18H18INO3/c1-10-15(18(22)23-2)16(11-5-3-6-12(19)9-11)17-13(20-10)7-4-8-14(17)21/h3,5-6,9,15-16H,4,7-8H2,1-2H3/t15?,16-/m0/s1. The Kier molecular flexibility index (Phi) is 4.66. The molecule has 1 unspecified atom stereocenters. The number of allylic oxidation sites excluding steroid dienone is 2. The first-order valence-corrected chi connectivity index (χ1v) is 8.75. The summed E-state index contributed by atoms with van der Waals surface area (Å²) in [6.45, 7) is 1.85. The van der Waals surface area contributed by atoms with Gasteiger partial charge in [-0.3, -0.25) is 14.6 Å². The van der Waals surface area contributed by atoms with Crippen LogP contribution in [-0.2, 0) is 14.3 Å². The minimum atomic E-state index is -0.529. The van der Waals surface area contributed by atoms with Crippen molar-refractivity contribution >= 4 is 40.1 Å². The molecule has 5 heteroatoms. The third-order valence-corrected chi connectivity index (χ3v) is 5.17. The molecule has 3 rings (SSSR count). The topological polar surface area (TPSA) is 55.7 Å². The van der Waals surface area contributed by atoms with Crippen molar-refractivity contribution in [3.05, 3.63) is 44.7 Å². The third-order valence-electron chi connectivity index (χ3n) is 4.50. The average Bonchev–Trinajstić information content (AvgIpc) is 2.53. The molecule has 1 aliphatic carbocycles. The number of esters is 1. The number of halogens is 1. The molecule has 120 valence electrons. The van der Waals surface area contributed by atoms with Crippen molar-refractivity contribution in [2.24, 2.45) is 10.9 Å². The van der Waals surface area contributed by atoms with Crippen molar-refractivity contribution in [3.63, 3.8) is 0 Å². The number of hydrogen-bond donors (Lipinski definition) is 0. The molecule has 1 aromatic rings. The van der Waals surface area contributed by atoms with Gasteiger partial charge in [0.2, 0.25) is 0 Å². The number of ketones is 1. The maximum absolute atomic E-state index is 12.6. The molecule has 1 heterocycles. The number of carbonyl (C=O) groups excluding carboxylic acids is 2. The average molecular weight is 423 g/mol. The monoisotopic (exact) mass is 423 g/mol. The summed E-state index contributed by atoms with van der Waals surface area (Å²) in [7, 11) is 1.38. The van der Waals surface area contributed by atoms with Gasteiger partial charge in [-0.15, -0.1) is 0 Å². The second-order valence-electron chi connectivity index (χ2n) is 5.92. The van der Waals surface area contributed by atoms with E-state index in [2.05, 4.69) is 27.6 Å². The van der Waals surface area contributed by atoms with Crippen molar-refractivity contribution in [1.29, 1.82) is 0 Å². The highest BCUT2D eigenvalue weighted by atomic mass is 127. The van der Waals surface area contributed by atoms with E-state index in [1.165, 1.54) is 7.11 Å². The van der Waals surface area contributed by atoms with Gasteiger partial charge in [-0.2, -0.15) is 0 Å². The summed E-state index contributed by atoms with van der Waals surface area (Å²) in [5.41, 5.74) is 3.26. The summed E-state index contributed by atoms with van der Waals surface area (Å²) in [5, 5.41) is 0. The van der Waals surface area contributed by atoms with Gasteiger partial charge in [0.1, 0.15) is 5.92 Å². The van der Waals surface area contributed by atoms with Crippen molar-refractivity contribution in [1.82, 2.24) is 0 Å². The zero-order valence-electron chi connectivity index (χ0n) is 13.1. The number of rotatable bonds is 2. The van der Waals surface area contributed by atoms with Crippen molar-refractivity contribution in [2.45, 2.75) is 32.1 Å². The maximum atomic E-state index is 12.6. The van der Waals surface area contributed by atoms with Gasteiger partial charge in [0.05, 0.1) is 7.11 Å². The summed E-state index contributed by atoms with van der Waals surface area (Å²) in [4.78, 5) is 29.5. The molecule has 0 N–H and O–H groups in total. The fourth-order valence-corrected chi connectivity index (χ4v) is 4.07. The van der Waals surface area contributed by atoms with Crippen LogP contribution in [0.5, 0.6) is 0 Å². The summed E-state index contributed by atoms with van der Waals surface area (Å²) < 4.78 is 6.08. The van der Waals surface area contributed by atoms with Crippen molar-refractivity contribution < 1.29 is 14.3 Å².